The van der Waals surface area contributed by atoms with Crippen LogP contribution in [0.2, 0.25) is 0 Å². The van der Waals surface area contributed by atoms with Crippen molar-refractivity contribution in [1.29, 1.82) is 0 Å². The number of anilines is 1. The van der Waals surface area contributed by atoms with Gasteiger partial charge in [-0.2, -0.15) is 0 Å². The summed E-state index contributed by atoms with van der Waals surface area (Å²) in [6.45, 7) is 5.30. The van der Waals surface area contributed by atoms with Crippen molar-refractivity contribution in [3.8, 4) is 5.88 Å². The standard InChI is InChI=1S/C10H15N3O3/c1-6(2)16-9-4-8(11-5-12-9)13-7(3)10(14)15/h4-7H,1-3H3,(H,14,15)(H,11,12,13)/t7-/m1/s1. The summed E-state index contributed by atoms with van der Waals surface area (Å²) in [6, 6.07) is 0.862. The molecule has 6 heteroatoms. The summed E-state index contributed by atoms with van der Waals surface area (Å²) in [4.78, 5) is 18.4. The Kier molecular flexibility index (Phi) is 4.04. The molecule has 0 amide bonds. The van der Waals surface area contributed by atoms with E-state index < -0.39 is 12.0 Å². The van der Waals surface area contributed by atoms with Gasteiger partial charge in [0.15, 0.2) is 0 Å². The molecule has 1 aromatic rings. The fourth-order valence-electron chi connectivity index (χ4n) is 1.01. The number of nitrogens with zero attached hydrogens (tertiary/aromatic N) is 2. The van der Waals surface area contributed by atoms with Gasteiger partial charge in [-0.15, -0.1) is 0 Å². The fraction of sp³-hybridized carbons (Fsp3) is 0.500. The minimum Gasteiger partial charge on any atom is -0.480 e. The van der Waals surface area contributed by atoms with E-state index in [9.17, 15) is 4.79 Å². The predicted molar refractivity (Wildman–Crippen MR) is 58.5 cm³/mol. The molecule has 6 nitrogen and oxygen atoms in total. The van der Waals surface area contributed by atoms with Gasteiger partial charge < -0.3 is 15.2 Å². The number of aromatic nitrogens is 2. The Morgan fingerprint density at radius 1 is 1.44 bits per heavy atom. The second-order valence-electron chi connectivity index (χ2n) is 3.61. The smallest absolute Gasteiger partial charge is 0.325 e. The van der Waals surface area contributed by atoms with E-state index in [1.165, 1.54) is 13.3 Å². The lowest BCUT2D eigenvalue weighted by molar-refractivity contribution is -0.137. The third kappa shape index (κ3) is 3.72. The van der Waals surface area contributed by atoms with Crippen LogP contribution in [0.4, 0.5) is 5.82 Å². The largest absolute Gasteiger partial charge is 0.480 e. The number of carboxylic acids is 1. The highest BCUT2D eigenvalue weighted by Gasteiger charge is 2.11. The summed E-state index contributed by atoms with van der Waals surface area (Å²) < 4.78 is 5.36. The van der Waals surface area contributed by atoms with Crippen molar-refractivity contribution in [3.63, 3.8) is 0 Å². The topological polar surface area (TPSA) is 84.3 Å². The number of carboxylic acid groups (broad SMARTS) is 1. The van der Waals surface area contributed by atoms with E-state index in [0.717, 1.165) is 0 Å². The normalized spacial score (nSPS) is 12.2. The Labute approximate surface area is 93.7 Å². The molecule has 0 unspecified atom stereocenters. The molecule has 88 valence electrons. The Morgan fingerprint density at radius 2 is 2.12 bits per heavy atom. The van der Waals surface area contributed by atoms with E-state index in [0.29, 0.717) is 11.7 Å². The van der Waals surface area contributed by atoms with Crippen LogP contribution >= 0.6 is 0 Å². The van der Waals surface area contributed by atoms with Gasteiger partial charge in [-0.1, -0.05) is 0 Å². The number of hydrogen-bond donors (Lipinski definition) is 2. The average Bonchev–Trinajstić information content (AvgIpc) is 2.16. The van der Waals surface area contributed by atoms with Crippen LogP contribution in [0.1, 0.15) is 20.8 Å². The monoisotopic (exact) mass is 225 g/mol. The summed E-state index contributed by atoms with van der Waals surface area (Å²) in [5.74, 6) is -0.0874. The molecule has 2 N–H and O–H groups in total. The van der Waals surface area contributed by atoms with Gasteiger partial charge in [-0.3, -0.25) is 4.79 Å². The first-order chi connectivity index (χ1) is 7.49. The SMILES string of the molecule is CC(C)Oc1cc(N[C@H](C)C(=O)O)ncn1. The molecular formula is C10H15N3O3. The highest BCUT2D eigenvalue weighted by molar-refractivity contribution is 5.76. The number of aliphatic carboxylic acids is 1. The van der Waals surface area contributed by atoms with E-state index in [1.807, 2.05) is 13.8 Å². The Hall–Kier alpha value is -1.85. The summed E-state index contributed by atoms with van der Waals surface area (Å²) >= 11 is 0. The molecule has 1 atom stereocenters. The molecular weight excluding hydrogens is 210 g/mol. The van der Waals surface area contributed by atoms with Crippen LogP contribution in [0.3, 0.4) is 0 Å². The van der Waals surface area contributed by atoms with E-state index in [4.69, 9.17) is 9.84 Å². The van der Waals surface area contributed by atoms with Gasteiger partial charge in [0.05, 0.1) is 6.10 Å². The molecule has 0 saturated carbocycles. The Morgan fingerprint density at radius 3 is 2.69 bits per heavy atom. The summed E-state index contributed by atoms with van der Waals surface area (Å²) in [5, 5.41) is 11.4. The molecule has 0 radical (unpaired) electrons. The van der Waals surface area contributed by atoms with Crippen molar-refractivity contribution in [3.05, 3.63) is 12.4 Å². The second kappa shape index (κ2) is 5.29. The highest BCUT2D eigenvalue weighted by atomic mass is 16.5. The average molecular weight is 225 g/mol. The molecule has 1 heterocycles. The van der Waals surface area contributed by atoms with E-state index in [2.05, 4.69) is 15.3 Å². The van der Waals surface area contributed by atoms with Crippen molar-refractivity contribution in [2.24, 2.45) is 0 Å². The molecule has 1 rings (SSSR count). The molecule has 0 aromatic carbocycles. The van der Waals surface area contributed by atoms with Crippen LogP contribution in [-0.4, -0.2) is 33.2 Å². The van der Waals surface area contributed by atoms with Crippen LogP contribution in [-0.2, 0) is 4.79 Å². The molecule has 0 bridgehead atoms. The van der Waals surface area contributed by atoms with Crippen LogP contribution in [0, 0.1) is 0 Å². The van der Waals surface area contributed by atoms with Gasteiger partial charge >= 0.3 is 5.97 Å². The fourth-order valence-corrected chi connectivity index (χ4v) is 1.01. The number of rotatable bonds is 5. The third-order valence-electron chi connectivity index (χ3n) is 1.73. The summed E-state index contributed by atoms with van der Waals surface area (Å²) in [7, 11) is 0. The minimum absolute atomic E-state index is 0.0136. The van der Waals surface area contributed by atoms with Crippen molar-refractivity contribution in [1.82, 2.24) is 9.97 Å². The maximum absolute atomic E-state index is 10.6. The van der Waals surface area contributed by atoms with Crippen LogP contribution in [0.5, 0.6) is 5.88 Å². The van der Waals surface area contributed by atoms with Gasteiger partial charge in [0.1, 0.15) is 18.2 Å². The lowest BCUT2D eigenvalue weighted by atomic mass is 10.3. The number of carbonyl (C=O) groups is 1. The lowest BCUT2D eigenvalue weighted by Gasteiger charge is -2.12. The van der Waals surface area contributed by atoms with Gasteiger partial charge in [0.25, 0.3) is 0 Å². The zero-order valence-corrected chi connectivity index (χ0v) is 9.47. The Bertz CT molecular complexity index is 368. The molecule has 1 aromatic heterocycles. The number of hydrogen-bond acceptors (Lipinski definition) is 5. The zero-order valence-electron chi connectivity index (χ0n) is 9.47. The summed E-state index contributed by atoms with van der Waals surface area (Å²) in [5.41, 5.74) is 0. The van der Waals surface area contributed by atoms with Crippen molar-refractivity contribution < 1.29 is 14.6 Å². The maximum Gasteiger partial charge on any atom is 0.325 e. The highest BCUT2D eigenvalue weighted by Crippen LogP contribution is 2.13. The molecule has 0 aliphatic heterocycles. The van der Waals surface area contributed by atoms with E-state index >= 15 is 0 Å². The first-order valence-corrected chi connectivity index (χ1v) is 4.97. The molecule has 0 aliphatic carbocycles. The van der Waals surface area contributed by atoms with Crippen molar-refractivity contribution >= 4 is 11.8 Å². The zero-order chi connectivity index (χ0) is 12.1. The number of nitrogens with one attached hydrogen (secondary N) is 1. The molecule has 0 saturated heterocycles. The quantitative estimate of drug-likeness (QED) is 0.782. The van der Waals surface area contributed by atoms with Crippen molar-refractivity contribution in [2.75, 3.05) is 5.32 Å². The first kappa shape index (κ1) is 12.2. The van der Waals surface area contributed by atoms with Gasteiger partial charge in [-0.25, -0.2) is 9.97 Å². The van der Waals surface area contributed by atoms with Crippen LogP contribution in [0.15, 0.2) is 12.4 Å². The van der Waals surface area contributed by atoms with Crippen molar-refractivity contribution in [2.45, 2.75) is 32.9 Å². The Balaban J connectivity index is 2.70. The predicted octanol–water partition coefficient (Wildman–Crippen LogP) is 1.15. The van der Waals surface area contributed by atoms with Gasteiger partial charge in [-0.05, 0) is 20.8 Å². The molecule has 0 spiro atoms. The molecule has 0 aliphatic rings. The van der Waals surface area contributed by atoms with E-state index in [-0.39, 0.29) is 6.10 Å². The van der Waals surface area contributed by atoms with Gasteiger partial charge in [0, 0.05) is 6.07 Å². The van der Waals surface area contributed by atoms with Crippen LogP contribution in [0.25, 0.3) is 0 Å². The molecule has 0 fully saturated rings. The minimum atomic E-state index is -0.940. The lowest BCUT2D eigenvalue weighted by Crippen LogP contribution is -2.25. The first-order valence-electron chi connectivity index (χ1n) is 4.97. The summed E-state index contributed by atoms with van der Waals surface area (Å²) in [6.07, 6.45) is 1.34. The van der Waals surface area contributed by atoms with Crippen LogP contribution < -0.4 is 10.1 Å². The number of ether oxygens (including phenoxy) is 1. The second-order valence-corrected chi connectivity index (χ2v) is 3.61. The maximum atomic E-state index is 10.6. The van der Waals surface area contributed by atoms with Gasteiger partial charge in [0.2, 0.25) is 5.88 Å². The third-order valence-corrected chi connectivity index (χ3v) is 1.73. The van der Waals surface area contributed by atoms with E-state index in [1.54, 1.807) is 6.07 Å². The molecule has 16 heavy (non-hydrogen) atoms.